The number of aliphatic hydroxyl groups excluding tert-OH is 1. The Morgan fingerprint density at radius 1 is 1.16 bits per heavy atom. The normalized spacial score (nSPS) is 53.3. The minimum Gasteiger partial charge on any atom is -0.481 e. The first-order valence-corrected chi connectivity index (χ1v) is 9.82. The van der Waals surface area contributed by atoms with Crippen molar-refractivity contribution in [2.75, 3.05) is 6.61 Å². The molecule has 0 aliphatic heterocycles. The average Bonchev–Trinajstić information content (AvgIpc) is 2.81. The maximum Gasteiger partial charge on any atom is 0.309 e. The van der Waals surface area contributed by atoms with Crippen molar-refractivity contribution in [3.63, 3.8) is 0 Å². The Morgan fingerprint density at radius 3 is 2.52 bits per heavy atom. The maximum absolute atomic E-state index is 12.1. The molecule has 0 heterocycles. The molecule has 4 saturated carbocycles. The van der Waals surface area contributed by atoms with Gasteiger partial charge in [0.15, 0.2) is 0 Å². The van der Waals surface area contributed by atoms with Gasteiger partial charge in [-0.3, -0.25) is 4.79 Å². The number of aliphatic hydroxyl groups is 1. The van der Waals surface area contributed by atoms with Gasteiger partial charge in [0.05, 0.1) is 17.7 Å². The minimum absolute atomic E-state index is 0.0379. The molecule has 4 aliphatic carbocycles. The Hall–Kier alpha value is -1.10. The molecule has 4 rings (SSSR count). The molecule has 2 bridgehead atoms. The summed E-state index contributed by atoms with van der Waals surface area (Å²) in [5.41, 5.74) is -0.0385. The SMILES string of the molecule is C[C@@]12CCC[C@@](C)(C(=O)O)[C@H]1CC[C@@]13C/C(=N\O)[C@@](CO)(CC[C@H]12)C3. The number of oxime groups is 1. The number of carbonyl (C=O) groups is 1. The van der Waals surface area contributed by atoms with Gasteiger partial charge < -0.3 is 15.4 Å². The lowest BCUT2D eigenvalue weighted by molar-refractivity contribution is -0.184. The average molecular weight is 349 g/mol. The van der Waals surface area contributed by atoms with Crippen LogP contribution < -0.4 is 0 Å². The highest BCUT2D eigenvalue weighted by atomic mass is 16.4. The molecule has 0 aromatic heterocycles. The molecule has 140 valence electrons. The third-order valence-electron chi connectivity index (χ3n) is 9.09. The lowest BCUT2D eigenvalue weighted by Crippen LogP contribution is -2.58. The second-order valence-corrected chi connectivity index (χ2v) is 9.97. The smallest absolute Gasteiger partial charge is 0.309 e. The van der Waals surface area contributed by atoms with Crippen molar-refractivity contribution in [2.45, 2.75) is 71.6 Å². The lowest BCUT2D eigenvalue weighted by Gasteiger charge is -2.63. The topological polar surface area (TPSA) is 90.1 Å². The van der Waals surface area contributed by atoms with Crippen molar-refractivity contribution in [3.8, 4) is 0 Å². The monoisotopic (exact) mass is 349 g/mol. The molecule has 0 amide bonds. The molecular weight excluding hydrogens is 318 g/mol. The van der Waals surface area contributed by atoms with E-state index in [4.69, 9.17) is 0 Å². The van der Waals surface area contributed by atoms with E-state index in [-0.39, 0.29) is 28.8 Å². The zero-order valence-electron chi connectivity index (χ0n) is 15.4. The number of hydrogen-bond donors (Lipinski definition) is 3. The van der Waals surface area contributed by atoms with E-state index in [0.29, 0.717) is 5.92 Å². The van der Waals surface area contributed by atoms with Crippen LogP contribution in [0.25, 0.3) is 0 Å². The largest absolute Gasteiger partial charge is 0.481 e. The van der Waals surface area contributed by atoms with Crippen LogP contribution >= 0.6 is 0 Å². The van der Waals surface area contributed by atoms with E-state index >= 15 is 0 Å². The van der Waals surface area contributed by atoms with Crippen LogP contribution in [0.15, 0.2) is 5.16 Å². The third kappa shape index (κ3) is 1.99. The van der Waals surface area contributed by atoms with Gasteiger partial charge in [-0.05, 0) is 81.0 Å². The second-order valence-electron chi connectivity index (χ2n) is 9.97. The van der Waals surface area contributed by atoms with Gasteiger partial charge in [0.2, 0.25) is 0 Å². The summed E-state index contributed by atoms with van der Waals surface area (Å²) in [4.78, 5) is 12.1. The van der Waals surface area contributed by atoms with Crippen LogP contribution in [-0.2, 0) is 4.79 Å². The van der Waals surface area contributed by atoms with Crippen LogP contribution in [0.2, 0.25) is 0 Å². The molecule has 0 unspecified atom stereocenters. The van der Waals surface area contributed by atoms with E-state index in [1.165, 1.54) is 0 Å². The van der Waals surface area contributed by atoms with Crippen LogP contribution in [-0.4, -0.2) is 33.7 Å². The van der Waals surface area contributed by atoms with E-state index in [9.17, 15) is 20.2 Å². The van der Waals surface area contributed by atoms with Crippen molar-refractivity contribution in [2.24, 2.45) is 38.7 Å². The highest BCUT2D eigenvalue weighted by Gasteiger charge is 2.68. The molecule has 4 aliphatic rings. The van der Waals surface area contributed by atoms with Gasteiger partial charge >= 0.3 is 5.97 Å². The first-order chi connectivity index (χ1) is 11.8. The number of aliphatic carboxylic acids is 1. The van der Waals surface area contributed by atoms with Gasteiger partial charge in [0.25, 0.3) is 0 Å². The Kier molecular flexibility index (Phi) is 3.61. The number of nitrogens with zero attached hydrogens (tertiary/aromatic N) is 1. The maximum atomic E-state index is 12.1. The van der Waals surface area contributed by atoms with Crippen LogP contribution in [0, 0.1) is 33.5 Å². The quantitative estimate of drug-likeness (QED) is 0.524. The Morgan fingerprint density at radius 2 is 1.88 bits per heavy atom. The first kappa shape index (κ1) is 17.3. The van der Waals surface area contributed by atoms with Gasteiger partial charge in [0.1, 0.15) is 0 Å². The number of carboxylic acids is 1. The van der Waals surface area contributed by atoms with Gasteiger partial charge in [0, 0.05) is 5.41 Å². The number of fused-ring (bicyclic) bond motifs is 3. The fourth-order valence-corrected chi connectivity index (χ4v) is 7.98. The van der Waals surface area contributed by atoms with Crippen LogP contribution in [0.3, 0.4) is 0 Å². The van der Waals surface area contributed by atoms with Crippen molar-refractivity contribution >= 4 is 11.7 Å². The molecule has 0 aromatic rings. The summed E-state index contributed by atoms with van der Waals surface area (Å²) in [6, 6.07) is 0. The minimum atomic E-state index is -0.635. The molecule has 1 spiro atoms. The molecule has 0 radical (unpaired) electrons. The fourth-order valence-electron chi connectivity index (χ4n) is 7.98. The van der Waals surface area contributed by atoms with Crippen molar-refractivity contribution in [1.82, 2.24) is 0 Å². The molecule has 25 heavy (non-hydrogen) atoms. The number of rotatable bonds is 2. The van der Waals surface area contributed by atoms with Crippen LogP contribution in [0.4, 0.5) is 0 Å². The second kappa shape index (κ2) is 5.21. The summed E-state index contributed by atoms with van der Waals surface area (Å²) in [5, 5.41) is 33.1. The summed E-state index contributed by atoms with van der Waals surface area (Å²) in [6.07, 6.45) is 8.38. The summed E-state index contributed by atoms with van der Waals surface area (Å²) in [5.74, 6) is 0.0548. The summed E-state index contributed by atoms with van der Waals surface area (Å²) >= 11 is 0. The molecule has 0 aromatic carbocycles. The van der Waals surface area contributed by atoms with Crippen molar-refractivity contribution in [1.29, 1.82) is 0 Å². The van der Waals surface area contributed by atoms with Crippen LogP contribution in [0.5, 0.6) is 0 Å². The number of carboxylic acid groups (broad SMARTS) is 1. The highest BCUT2D eigenvalue weighted by Crippen LogP contribution is 2.73. The van der Waals surface area contributed by atoms with E-state index in [0.717, 1.165) is 63.5 Å². The highest BCUT2D eigenvalue weighted by molar-refractivity contribution is 5.93. The van der Waals surface area contributed by atoms with E-state index < -0.39 is 11.4 Å². The Labute approximate surface area is 149 Å². The van der Waals surface area contributed by atoms with E-state index in [1.807, 2.05) is 6.92 Å². The van der Waals surface area contributed by atoms with Gasteiger partial charge in [-0.25, -0.2) is 0 Å². The molecule has 4 fully saturated rings. The Bertz CT molecular complexity index is 633. The molecule has 6 atom stereocenters. The molecule has 5 heteroatoms. The zero-order chi connectivity index (χ0) is 18.1. The standard InChI is InChI=1S/C20H31NO4/c1-17-6-3-7-18(2,16(23)24)13(17)4-8-19-10-15(21-25)20(11-19,12-22)9-5-14(17)19/h13-14,22,25H,3-12H2,1-2H3,(H,23,24)/b21-15+/t13-,14-,17+,18+,19-,20-/m0/s1. The zero-order valence-corrected chi connectivity index (χ0v) is 15.4. The van der Waals surface area contributed by atoms with Gasteiger partial charge in [-0.15, -0.1) is 0 Å². The van der Waals surface area contributed by atoms with Crippen molar-refractivity contribution < 1.29 is 20.2 Å². The molecule has 0 saturated heterocycles. The summed E-state index contributed by atoms with van der Waals surface area (Å²) in [6.45, 7) is 4.36. The molecule has 3 N–H and O–H groups in total. The van der Waals surface area contributed by atoms with Crippen molar-refractivity contribution in [3.05, 3.63) is 0 Å². The fraction of sp³-hybridized carbons (Fsp3) is 0.900. The lowest BCUT2D eigenvalue weighted by atomic mass is 9.40. The molecular formula is C20H31NO4. The third-order valence-corrected chi connectivity index (χ3v) is 9.09. The van der Waals surface area contributed by atoms with E-state index in [1.54, 1.807) is 0 Å². The van der Waals surface area contributed by atoms with Gasteiger partial charge in [-0.2, -0.15) is 0 Å². The predicted molar refractivity (Wildman–Crippen MR) is 93.6 cm³/mol. The molecule has 5 nitrogen and oxygen atoms in total. The first-order valence-electron chi connectivity index (χ1n) is 9.82. The summed E-state index contributed by atoms with van der Waals surface area (Å²) in [7, 11) is 0. The predicted octanol–water partition coefficient (Wildman–Crippen LogP) is 3.68. The number of hydrogen-bond acceptors (Lipinski definition) is 4. The van der Waals surface area contributed by atoms with Crippen LogP contribution in [0.1, 0.15) is 71.6 Å². The van der Waals surface area contributed by atoms with Gasteiger partial charge in [-0.1, -0.05) is 18.5 Å². The summed E-state index contributed by atoms with van der Waals surface area (Å²) < 4.78 is 0. The van der Waals surface area contributed by atoms with E-state index in [2.05, 4.69) is 12.1 Å². The Balaban J connectivity index is 1.75.